The summed E-state index contributed by atoms with van der Waals surface area (Å²) < 4.78 is 5.56. The van der Waals surface area contributed by atoms with E-state index >= 15 is 0 Å². The van der Waals surface area contributed by atoms with Crippen LogP contribution < -0.4 is 16.4 Å². The Hall–Kier alpha value is -2.86. The molecular weight excluding hydrogens is 352 g/mol. The molecule has 0 spiro atoms. The van der Waals surface area contributed by atoms with Crippen LogP contribution in [0.4, 0.5) is 10.5 Å². The van der Waals surface area contributed by atoms with Gasteiger partial charge in [-0.3, -0.25) is 10.3 Å². The fourth-order valence-electron chi connectivity index (χ4n) is 2.87. The fourth-order valence-corrected chi connectivity index (χ4v) is 2.87. The molecule has 2 aromatic rings. The Morgan fingerprint density at radius 3 is 2.32 bits per heavy atom. The molecule has 28 heavy (non-hydrogen) atoms. The largest absolute Gasteiger partial charge is 0.379 e. The molecule has 6 nitrogen and oxygen atoms in total. The molecule has 0 aliphatic rings. The van der Waals surface area contributed by atoms with Crippen molar-refractivity contribution in [3.63, 3.8) is 0 Å². The number of nitrogens with two attached hydrogens (primary N) is 1. The number of aryl methyl sites for hydroxylation is 2. The first-order chi connectivity index (χ1) is 13.6. The summed E-state index contributed by atoms with van der Waals surface area (Å²) in [6, 6.07) is 15.8. The van der Waals surface area contributed by atoms with Gasteiger partial charge in [-0.1, -0.05) is 62.4 Å². The third-order valence-corrected chi connectivity index (χ3v) is 4.37. The Morgan fingerprint density at radius 2 is 1.68 bits per heavy atom. The molecule has 0 fully saturated rings. The second kappa shape index (κ2) is 11.8. The molecule has 2 rings (SSSR count). The van der Waals surface area contributed by atoms with Gasteiger partial charge in [-0.2, -0.15) is 0 Å². The zero-order valence-electron chi connectivity index (χ0n) is 16.7. The topological polar surface area (TPSA) is 88.7 Å². The second-order valence-electron chi connectivity index (χ2n) is 6.35. The van der Waals surface area contributed by atoms with E-state index in [0.717, 1.165) is 36.1 Å². The maximum absolute atomic E-state index is 12.2. The molecule has 2 aromatic carbocycles. The molecule has 150 valence electrons. The van der Waals surface area contributed by atoms with E-state index in [0.29, 0.717) is 19.8 Å². The predicted molar refractivity (Wildman–Crippen MR) is 115 cm³/mol. The van der Waals surface area contributed by atoms with Crippen LogP contribution in [0.15, 0.2) is 53.5 Å². The Labute approximate surface area is 167 Å². The van der Waals surface area contributed by atoms with Gasteiger partial charge >= 0.3 is 6.03 Å². The minimum atomic E-state index is -0.387. The highest BCUT2D eigenvalue weighted by atomic mass is 16.5. The Morgan fingerprint density at radius 1 is 1.00 bits per heavy atom. The number of amides is 2. The van der Waals surface area contributed by atoms with Crippen molar-refractivity contribution in [2.45, 2.75) is 33.1 Å². The standard InChI is InChI=1S/C22H30N4O2/c1-3-18-11-8-12-19(4-2)20(18)25-22(27)26-21(23)24-14-16-28-15-13-17-9-6-5-7-10-17/h5-12H,3-4,13-16H2,1-2H3,(H4,23,24,25,26,27). The molecule has 0 saturated heterocycles. The second-order valence-corrected chi connectivity index (χ2v) is 6.35. The van der Waals surface area contributed by atoms with E-state index in [4.69, 9.17) is 10.5 Å². The van der Waals surface area contributed by atoms with Gasteiger partial charge in [-0.25, -0.2) is 4.79 Å². The van der Waals surface area contributed by atoms with E-state index in [2.05, 4.69) is 41.6 Å². The van der Waals surface area contributed by atoms with Gasteiger partial charge in [0.25, 0.3) is 0 Å². The minimum absolute atomic E-state index is 0.0798. The summed E-state index contributed by atoms with van der Waals surface area (Å²) in [6.07, 6.45) is 2.54. The number of nitrogens with one attached hydrogen (secondary N) is 2. The van der Waals surface area contributed by atoms with Crippen molar-refractivity contribution in [3.8, 4) is 0 Å². The van der Waals surface area contributed by atoms with Crippen LogP contribution in [0.5, 0.6) is 0 Å². The van der Waals surface area contributed by atoms with Crippen molar-refractivity contribution in [1.82, 2.24) is 5.32 Å². The van der Waals surface area contributed by atoms with Crippen molar-refractivity contribution in [2.24, 2.45) is 10.7 Å². The third kappa shape index (κ3) is 7.04. The van der Waals surface area contributed by atoms with Gasteiger partial charge in [-0.05, 0) is 36.0 Å². The summed E-state index contributed by atoms with van der Waals surface area (Å²) in [4.78, 5) is 16.4. The number of hydrogen-bond acceptors (Lipinski definition) is 3. The van der Waals surface area contributed by atoms with Gasteiger partial charge in [0.2, 0.25) is 0 Å². The number of carbonyl (C=O) groups is 1. The van der Waals surface area contributed by atoms with Gasteiger partial charge in [0.05, 0.1) is 19.8 Å². The highest BCUT2D eigenvalue weighted by molar-refractivity contribution is 6.02. The first-order valence-electron chi connectivity index (χ1n) is 9.74. The van der Waals surface area contributed by atoms with Crippen LogP contribution in [0.1, 0.15) is 30.5 Å². The third-order valence-electron chi connectivity index (χ3n) is 4.37. The number of anilines is 1. The summed E-state index contributed by atoms with van der Waals surface area (Å²) in [5.41, 5.74) is 10.1. The molecule has 6 heteroatoms. The Bertz CT molecular complexity index is 753. The molecule has 0 heterocycles. The lowest BCUT2D eigenvalue weighted by atomic mass is 10.0. The number of guanidine groups is 1. The maximum atomic E-state index is 12.2. The molecule has 2 amide bonds. The van der Waals surface area contributed by atoms with E-state index in [-0.39, 0.29) is 12.0 Å². The number of carbonyl (C=O) groups excluding carboxylic acids is 1. The van der Waals surface area contributed by atoms with Crippen molar-refractivity contribution < 1.29 is 9.53 Å². The summed E-state index contributed by atoms with van der Waals surface area (Å²) in [6.45, 7) is 5.60. The summed E-state index contributed by atoms with van der Waals surface area (Å²) in [7, 11) is 0. The highest BCUT2D eigenvalue weighted by Crippen LogP contribution is 2.22. The molecule has 0 radical (unpaired) electrons. The molecule has 0 aliphatic carbocycles. The van der Waals surface area contributed by atoms with Gasteiger partial charge in [0, 0.05) is 5.69 Å². The first kappa shape index (κ1) is 21.4. The molecule has 4 N–H and O–H groups in total. The number of aliphatic imine (C=N–C) groups is 1. The van der Waals surface area contributed by atoms with Crippen LogP contribution in [0, 0.1) is 0 Å². The van der Waals surface area contributed by atoms with Gasteiger partial charge in [0.15, 0.2) is 5.96 Å². The van der Waals surface area contributed by atoms with Crippen molar-refractivity contribution in [2.75, 3.05) is 25.1 Å². The van der Waals surface area contributed by atoms with Gasteiger partial charge < -0.3 is 15.8 Å². The normalized spacial score (nSPS) is 11.3. The molecule has 0 saturated carbocycles. The summed E-state index contributed by atoms with van der Waals surface area (Å²) in [5, 5.41) is 5.47. The highest BCUT2D eigenvalue weighted by Gasteiger charge is 2.10. The first-order valence-corrected chi connectivity index (χ1v) is 9.74. The number of nitrogens with zero attached hydrogens (tertiary/aromatic N) is 1. The lowest BCUT2D eigenvalue weighted by Crippen LogP contribution is -2.40. The number of urea groups is 1. The number of hydrogen-bond donors (Lipinski definition) is 3. The molecule has 0 aliphatic heterocycles. The number of para-hydroxylation sites is 1. The average molecular weight is 383 g/mol. The van der Waals surface area contributed by atoms with E-state index in [1.807, 2.05) is 36.4 Å². The zero-order valence-corrected chi connectivity index (χ0v) is 16.7. The molecule has 0 unspecified atom stereocenters. The SMILES string of the molecule is CCc1cccc(CC)c1NC(=O)NC(N)=NCCOCCc1ccccc1. The molecule has 0 aromatic heterocycles. The average Bonchev–Trinajstić information content (AvgIpc) is 2.71. The lowest BCUT2D eigenvalue weighted by molar-refractivity contribution is 0.145. The zero-order chi connectivity index (χ0) is 20.2. The monoisotopic (exact) mass is 382 g/mol. The summed E-state index contributed by atoms with van der Waals surface area (Å²) in [5.74, 6) is 0.0798. The Balaban J connectivity index is 1.73. The maximum Gasteiger partial charge on any atom is 0.326 e. The Kier molecular flexibility index (Phi) is 9.01. The molecule has 0 bridgehead atoms. The van der Waals surface area contributed by atoms with Crippen LogP contribution in [0.25, 0.3) is 0 Å². The number of benzene rings is 2. The fraction of sp³-hybridized carbons (Fsp3) is 0.364. The van der Waals surface area contributed by atoms with E-state index in [1.54, 1.807) is 0 Å². The van der Waals surface area contributed by atoms with Crippen molar-refractivity contribution >= 4 is 17.7 Å². The van der Waals surface area contributed by atoms with Gasteiger partial charge in [0.1, 0.15) is 0 Å². The van der Waals surface area contributed by atoms with Crippen LogP contribution in [0.3, 0.4) is 0 Å². The molecular formula is C22H30N4O2. The van der Waals surface area contributed by atoms with Crippen LogP contribution in [-0.2, 0) is 24.0 Å². The summed E-state index contributed by atoms with van der Waals surface area (Å²) >= 11 is 0. The van der Waals surface area contributed by atoms with Gasteiger partial charge in [-0.15, -0.1) is 0 Å². The lowest BCUT2D eigenvalue weighted by Gasteiger charge is -2.14. The van der Waals surface area contributed by atoms with Crippen molar-refractivity contribution in [1.29, 1.82) is 0 Å². The number of rotatable bonds is 9. The van der Waals surface area contributed by atoms with E-state index < -0.39 is 0 Å². The number of ether oxygens (including phenoxy) is 1. The predicted octanol–water partition coefficient (Wildman–Crippen LogP) is 3.51. The van der Waals surface area contributed by atoms with Crippen molar-refractivity contribution in [3.05, 3.63) is 65.2 Å². The van der Waals surface area contributed by atoms with Crippen LogP contribution >= 0.6 is 0 Å². The van der Waals surface area contributed by atoms with E-state index in [9.17, 15) is 4.79 Å². The van der Waals surface area contributed by atoms with E-state index in [1.165, 1.54) is 5.56 Å². The quantitative estimate of drug-likeness (QED) is 0.352. The van der Waals surface area contributed by atoms with Crippen LogP contribution in [0.2, 0.25) is 0 Å². The smallest absolute Gasteiger partial charge is 0.326 e. The molecule has 0 atom stereocenters. The van der Waals surface area contributed by atoms with Crippen LogP contribution in [-0.4, -0.2) is 31.7 Å². The minimum Gasteiger partial charge on any atom is -0.379 e.